The first-order valence-electron chi connectivity index (χ1n) is 10.3. The Labute approximate surface area is 172 Å². The first-order chi connectivity index (χ1) is 14.3. The Balaban J connectivity index is 1.29. The predicted molar refractivity (Wildman–Crippen MR) is 105 cm³/mol. The van der Waals surface area contributed by atoms with Crippen LogP contribution in [0.25, 0.3) is 0 Å². The molecule has 4 heterocycles. The zero-order valence-corrected chi connectivity index (χ0v) is 16.7. The number of benzene rings is 1. The quantitative estimate of drug-likeness (QED) is 0.813. The molecule has 6 nitrogen and oxygen atoms in total. The van der Waals surface area contributed by atoms with Crippen LogP contribution in [0.5, 0.6) is 0 Å². The summed E-state index contributed by atoms with van der Waals surface area (Å²) < 4.78 is 40.2. The van der Waals surface area contributed by atoms with Gasteiger partial charge in [0.15, 0.2) is 5.69 Å². The van der Waals surface area contributed by atoms with Crippen molar-refractivity contribution < 1.29 is 18.0 Å². The molecule has 2 aromatic rings. The van der Waals surface area contributed by atoms with Gasteiger partial charge in [-0.1, -0.05) is 12.1 Å². The van der Waals surface area contributed by atoms with Crippen LogP contribution in [0.3, 0.4) is 0 Å². The molecule has 0 spiro atoms. The topological polar surface area (TPSA) is 55.5 Å². The summed E-state index contributed by atoms with van der Waals surface area (Å²) in [7, 11) is 2.04. The smallest absolute Gasteiger partial charge is 0.370 e. The Morgan fingerprint density at radius 2 is 1.83 bits per heavy atom. The fourth-order valence-electron chi connectivity index (χ4n) is 5.12. The number of nitrogens with zero attached hydrogens (tertiary/aromatic N) is 4. The van der Waals surface area contributed by atoms with Gasteiger partial charge in [-0.25, -0.2) is 0 Å². The molecule has 0 unspecified atom stereocenters. The molecular formula is C21H24F3N5O. The summed E-state index contributed by atoms with van der Waals surface area (Å²) in [6.45, 7) is 3.85. The van der Waals surface area contributed by atoms with Crippen LogP contribution in [0.2, 0.25) is 0 Å². The zero-order valence-electron chi connectivity index (χ0n) is 16.7. The molecular weight excluding hydrogens is 395 g/mol. The summed E-state index contributed by atoms with van der Waals surface area (Å²) in [4.78, 5) is 18.9. The highest BCUT2D eigenvalue weighted by molar-refractivity contribution is 5.94. The highest BCUT2D eigenvalue weighted by Crippen LogP contribution is 2.41. The first-order valence-corrected chi connectivity index (χ1v) is 10.3. The van der Waals surface area contributed by atoms with Crippen molar-refractivity contribution in [2.24, 2.45) is 11.8 Å². The number of rotatable bonds is 2. The second kappa shape index (κ2) is 7.01. The molecule has 3 aliphatic heterocycles. The van der Waals surface area contributed by atoms with E-state index in [1.54, 1.807) is 12.1 Å². The van der Waals surface area contributed by atoms with Crippen LogP contribution in [-0.4, -0.2) is 65.7 Å². The molecule has 1 N–H and O–H groups in total. The third-order valence-electron chi connectivity index (χ3n) is 6.65. The Bertz CT molecular complexity index is 958. The van der Waals surface area contributed by atoms with E-state index in [9.17, 15) is 18.0 Å². The minimum Gasteiger partial charge on any atom is -0.370 e. The minimum absolute atomic E-state index is 0.0614. The van der Waals surface area contributed by atoms with Gasteiger partial charge in [-0.3, -0.25) is 9.89 Å². The number of para-hydroxylation sites is 1. The van der Waals surface area contributed by atoms with Gasteiger partial charge in [-0.2, -0.15) is 18.3 Å². The van der Waals surface area contributed by atoms with Gasteiger partial charge in [0, 0.05) is 62.4 Å². The van der Waals surface area contributed by atoms with Gasteiger partial charge in [0.2, 0.25) is 0 Å². The number of likely N-dealkylation sites (tertiary alicyclic amines) is 1. The molecule has 0 radical (unpaired) electrons. The summed E-state index contributed by atoms with van der Waals surface area (Å²) in [5, 5.41) is 7.30. The third-order valence-corrected chi connectivity index (χ3v) is 6.65. The molecule has 2 saturated heterocycles. The number of amides is 1. The van der Waals surface area contributed by atoms with Crippen molar-refractivity contribution in [1.82, 2.24) is 20.0 Å². The van der Waals surface area contributed by atoms with Crippen molar-refractivity contribution in [3.8, 4) is 0 Å². The average molecular weight is 419 g/mol. The normalized spacial score (nSPS) is 24.3. The van der Waals surface area contributed by atoms with Crippen LogP contribution in [0.1, 0.15) is 27.3 Å². The Morgan fingerprint density at radius 3 is 2.53 bits per heavy atom. The average Bonchev–Trinajstić information content (AvgIpc) is 3.39. The lowest BCUT2D eigenvalue weighted by Gasteiger charge is -2.26. The van der Waals surface area contributed by atoms with E-state index in [0.717, 1.165) is 36.8 Å². The maximum atomic E-state index is 13.4. The third kappa shape index (κ3) is 3.25. The summed E-state index contributed by atoms with van der Waals surface area (Å²) in [6.07, 6.45) is -3.57. The van der Waals surface area contributed by atoms with E-state index in [1.807, 2.05) is 16.8 Å². The maximum absolute atomic E-state index is 13.4. The molecule has 0 bridgehead atoms. The minimum atomic E-state index is -4.37. The molecule has 9 heteroatoms. The highest BCUT2D eigenvalue weighted by Gasteiger charge is 2.44. The number of carbonyl (C=O) groups is 1. The molecule has 30 heavy (non-hydrogen) atoms. The first kappa shape index (κ1) is 19.4. The summed E-state index contributed by atoms with van der Waals surface area (Å²) in [6, 6.07) is 5.75. The van der Waals surface area contributed by atoms with E-state index in [0.29, 0.717) is 31.9 Å². The van der Waals surface area contributed by atoms with Gasteiger partial charge in [0.1, 0.15) is 0 Å². The van der Waals surface area contributed by atoms with E-state index in [4.69, 9.17) is 0 Å². The van der Waals surface area contributed by atoms with Gasteiger partial charge in [0.05, 0.1) is 11.3 Å². The molecule has 2 fully saturated rings. The van der Waals surface area contributed by atoms with Crippen molar-refractivity contribution in [2.75, 3.05) is 44.7 Å². The van der Waals surface area contributed by atoms with Gasteiger partial charge in [-0.05, 0) is 25.6 Å². The molecule has 1 amide bonds. The number of fused-ring (bicyclic) bond motifs is 2. The Hall–Kier alpha value is -2.55. The number of hydrogen-bond acceptors (Lipinski definition) is 4. The molecule has 160 valence electrons. The van der Waals surface area contributed by atoms with Crippen LogP contribution in [0, 0.1) is 11.8 Å². The Morgan fingerprint density at radius 1 is 1.13 bits per heavy atom. The van der Waals surface area contributed by atoms with Crippen LogP contribution in [-0.2, 0) is 19.1 Å². The van der Waals surface area contributed by atoms with E-state index >= 15 is 0 Å². The second-order valence-corrected chi connectivity index (χ2v) is 8.67. The standard InChI is InChI=1S/C21H24F3N5O/c1-27-7-6-15-17(12-27)25-26-19(15)20(30)29-10-13-8-28(9-14(13)11-29)18-5-3-2-4-16(18)21(22,23)24/h2-5,13-14H,6-12H2,1H3,(H,25,26)/t13-,14+. The summed E-state index contributed by atoms with van der Waals surface area (Å²) in [5.74, 6) is 0.293. The molecule has 3 aliphatic rings. The number of H-pyrrole nitrogens is 1. The molecule has 0 aliphatic carbocycles. The summed E-state index contributed by atoms with van der Waals surface area (Å²) in [5.41, 5.74) is 2.17. The monoisotopic (exact) mass is 419 g/mol. The van der Waals surface area contributed by atoms with Crippen molar-refractivity contribution >= 4 is 11.6 Å². The number of carbonyl (C=O) groups excluding carboxylic acids is 1. The molecule has 2 atom stereocenters. The molecule has 1 aromatic heterocycles. The largest absolute Gasteiger partial charge is 0.418 e. The van der Waals surface area contributed by atoms with Crippen LogP contribution < -0.4 is 4.90 Å². The maximum Gasteiger partial charge on any atom is 0.418 e. The fraction of sp³-hybridized carbons (Fsp3) is 0.524. The number of aromatic amines is 1. The van der Waals surface area contributed by atoms with Crippen LogP contribution in [0.4, 0.5) is 18.9 Å². The lowest BCUT2D eigenvalue weighted by atomic mass is 10.0. The van der Waals surface area contributed by atoms with Gasteiger partial charge in [-0.15, -0.1) is 0 Å². The molecule has 5 rings (SSSR count). The van der Waals surface area contributed by atoms with E-state index < -0.39 is 11.7 Å². The number of likely N-dealkylation sites (N-methyl/N-ethyl adjacent to an activating group) is 1. The second-order valence-electron chi connectivity index (χ2n) is 8.67. The van der Waals surface area contributed by atoms with E-state index in [1.165, 1.54) is 6.07 Å². The van der Waals surface area contributed by atoms with Crippen molar-refractivity contribution in [2.45, 2.75) is 19.1 Å². The van der Waals surface area contributed by atoms with E-state index in [-0.39, 0.29) is 23.4 Å². The number of halogens is 3. The van der Waals surface area contributed by atoms with Crippen molar-refractivity contribution in [3.63, 3.8) is 0 Å². The number of hydrogen-bond donors (Lipinski definition) is 1. The Kier molecular flexibility index (Phi) is 4.53. The highest BCUT2D eigenvalue weighted by atomic mass is 19.4. The van der Waals surface area contributed by atoms with Gasteiger partial charge in [0.25, 0.3) is 5.91 Å². The predicted octanol–water partition coefficient (Wildman–Crippen LogP) is 2.62. The van der Waals surface area contributed by atoms with E-state index in [2.05, 4.69) is 15.1 Å². The number of aromatic nitrogens is 2. The van der Waals surface area contributed by atoms with Gasteiger partial charge >= 0.3 is 6.18 Å². The van der Waals surface area contributed by atoms with Crippen molar-refractivity contribution in [3.05, 3.63) is 46.8 Å². The lowest BCUT2D eigenvalue weighted by Crippen LogP contribution is -2.35. The molecule has 1 aromatic carbocycles. The van der Waals surface area contributed by atoms with Crippen LogP contribution >= 0.6 is 0 Å². The summed E-state index contributed by atoms with van der Waals surface area (Å²) >= 11 is 0. The lowest BCUT2D eigenvalue weighted by molar-refractivity contribution is -0.137. The van der Waals surface area contributed by atoms with Crippen LogP contribution in [0.15, 0.2) is 24.3 Å². The number of alkyl halides is 3. The number of nitrogens with one attached hydrogen (secondary N) is 1. The SMILES string of the molecule is CN1CCc2c(C(=O)N3C[C@@H]4CN(c5ccccc5C(F)(F)F)C[C@@H]4C3)n[nH]c2C1. The zero-order chi connectivity index (χ0) is 21.0. The molecule has 0 saturated carbocycles. The fourth-order valence-corrected chi connectivity index (χ4v) is 5.12. The van der Waals surface area contributed by atoms with Gasteiger partial charge < -0.3 is 14.7 Å². The van der Waals surface area contributed by atoms with Crippen molar-refractivity contribution in [1.29, 1.82) is 0 Å². The number of anilines is 1.